The summed E-state index contributed by atoms with van der Waals surface area (Å²) in [5, 5.41) is 0.343. The smallest absolute Gasteiger partial charge is 0.247 e. The monoisotopic (exact) mass is 395 g/mol. The van der Waals surface area contributed by atoms with Crippen molar-refractivity contribution in [1.82, 2.24) is 4.31 Å². The molecule has 1 unspecified atom stereocenters. The van der Waals surface area contributed by atoms with Gasteiger partial charge >= 0.3 is 0 Å². The van der Waals surface area contributed by atoms with Gasteiger partial charge in [-0.05, 0) is 37.6 Å². The fourth-order valence-electron chi connectivity index (χ4n) is 3.09. The van der Waals surface area contributed by atoms with E-state index in [-0.39, 0.29) is 29.9 Å². The minimum absolute atomic E-state index is 0.0642. The van der Waals surface area contributed by atoms with Crippen LogP contribution in [-0.2, 0) is 14.8 Å². The maximum atomic E-state index is 13.4. The molecule has 0 amide bonds. The number of nitrogens with zero attached hydrogens (tertiary/aromatic N) is 1. The van der Waals surface area contributed by atoms with Crippen LogP contribution >= 0.6 is 11.6 Å². The molecule has 1 aliphatic heterocycles. The van der Waals surface area contributed by atoms with Crippen LogP contribution in [0.2, 0.25) is 5.02 Å². The summed E-state index contributed by atoms with van der Waals surface area (Å²) in [7, 11) is -2.39. The van der Waals surface area contributed by atoms with Gasteiger partial charge in [0.05, 0.1) is 25.4 Å². The molecule has 0 aliphatic carbocycles. The van der Waals surface area contributed by atoms with Crippen molar-refractivity contribution in [2.24, 2.45) is 0 Å². The number of methoxy groups -OCH3 is 1. The number of benzene rings is 2. The fraction of sp³-hybridized carbons (Fsp3) is 0.368. The Bertz CT molecular complexity index is 884. The normalized spacial score (nSPS) is 20.7. The molecule has 0 spiro atoms. The van der Waals surface area contributed by atoms with E-state index in [1.54, 1.807) is 12.1 Å². The summed E-state index contributed by atoms with van der Waals surface area (Å²) in [5.74, 6) is 0.271. The van der Waals surface area contributed by atoms with E-state index >= 15 is 0 Å². The third kappa shape index (κ3) is 3.60. The Morgan fingerprint density at radius 2 is 1.88 bits per heavy atom. The van der Waals surface area contributed by atoms with Crippen LogP contribution in [0.25, 0.3) is 0 Å². The maximum absolute atomic E-state index is 13.4. The average molecular weight is 396 g/mol. The van der Waals surface area contributed by atoms with Crippen LogP contribution in [0.5, 0.6) is 5.75 Å². The van der Waals surface area contributed by atoms with Gasteiger partial charge in [-0.2, -0.15) is 4.31 Å². The Balaban J connectivity index is 2.02. The Kier molecular flexibility index (Phi) is 5.30. The summed E-state index contributed by atoms with van der Waals surface area (Å²) in [5.41, 5.74) is 0.249. The van der Waals surface area contributed by atoms with E-state index in [1.807, 2.05) is 44.2 Å². The molecule has 0 bridgehead atoms. The molecule has 2 aromatic rings. The Labute approximate surface area is 159 Å². The van der Waals surface area contributed by atoms with Crippen molar-refractivity contribution in [3.63, 3.8) is 0 Å². The van der Waals surface area contributed by atoms with E-state index in [9.17, 15) is 8.42 Å². The molecule has 1 aliphatic rings. The van der Waals surface area contributed by atoms with E-state index in [1.165, 1.54) is 17.5 Å². The number of hydrogen-bond acceptors (Lipinski definition) is 4. The second-order valence-electron chi connectivity index (χ2n) is 6.85. The van der Waals surface area contributed by atoms with Gasteiger partial charge in [0.25, 0.3) is 0 Å². The molecule has 0 saturated carbocycles. The van der Waals surface area contributed by atoms with Crippen molar-refractivity contribution in [3.05, 3.63) is 59.1 Å². The zero-order chi connectivity index (χ0) is 18.9. The van der Waals surface area contributed by atoms with E-state index in [0.717, 1.165) is 5.56 Å². The minimum atomic E-state index is -3.83. The zero-order valence-electron chi connectivity index (χ0n) is 15.0. The van der Waals surface area contributed by atoms with E-state index in [4.69, 9.17) is 21.1 Å². The van der Waals surface area contributed by atoms with Crippen molar-refractivity contribution < 1.29 is 17.9 Å². The minimum Gasteiger partial charge on any atom is -0.495 e. The summed E-state index contributed by atoms with van der Waals surface area (Å²) < 4.78 is 39.6. The number of hydrogen-bond donors (Lipinski definition) is 0. The molecular formula is C19H22ClNO4S. The lowest BCUT2D eigenvalue weighted by Gasteiger charge is -2.44. The molecule has 0 radical (unpaired) electrons. The lowest BCUT2D eigenvalue weighted by Crippen LogP contribution is -2.56. The van der Waals surface area contributed by atoms with Crippen LogP contribution in [0.3, 0.4) is 0 Å². The summed E-state index contributed by atoms with van der Waals surface area (Å²) in [6.07, 6.45) is -0.329. The summed E-state index contributed by atoms with van der Waals surface area (Å²) in [6.45, 7) is 4.20. The third-order valence-corrected chi connectivity index (χ3v) is 6.84. The zero-order valence-corrected chi connectivity index (χ0v) is 16.5. The van der Waals surface area contributed by atoms with E-state index < -0.39 is 15.6 Å². The average Bonchev–Trinajstić information content (AvgIpc) is 2.62. The molecular weight excluding hydrogens is 374 g/mol. The van der Waals surface area contributed by atoms with Gasteiger partial charge in [-0.25, -0.2) is 8.42 Å². The molecule has 1 fully saturated rings. The standard InChI is InChI=1S/C19H22ClNO4S/c1-19(2)13-25-17(14-7-5-4-6-8-14)12-21(19)26(22,23)18-11-15(20)9-10-16(18)24-3/h4-11,17H,12-13H2,1-3H3. The quantitative estimate of drug-likeness (QED) is 0.788. The molecule has 0 N–H and O–H groups in total. The molecule has 2 aromatic carbocycles. The first-order valence-corrected chi connectivity index (χ1v) is 10.1. The number of morpholine rings is 1. The van der Waals surface area contributed by atoms with Gasteiger partial charge in [0.1, 0.15) is 10.6 Å². The van der Waals surface area contributed by atoms with Crippen molar-refractivity contribution in [2.75, 3.05) is 20.3 Å². The van der Waals surface area contributed by atoms with Crippen LogP contribution in [0, 0.1) is 0 Å². The number of halogens is 1. The van der Waals surface area contributed by atoms with Crippen LogP contribution in [0.15, 0.2) is 53.4 Å². The molecule has 26 heavy (non-hydrogen) atoms. The SMILES string of the molecule is COc1ccc(Cl)cc1S(=O)(=O)N1CC(c2ccccc2)OCC1(C)C. The molecule has 1 atom stereocenters. The first-order chi connectivity index (χ1) is 12.3. The highest BCUT2D eigenvalue weighted by Gasteiger charge is 2.44. The second-order valence-corrected chi connectivity index (χ2v) is 9.12. The summed E-state index contributed by atoms with van der Waals surface area (Å²) in [6, 6.07) is 14.2. The predicted molar refractivity (Wildman–Crippen MR) is 101 cm³/mol. The Morgan fingerprint density at radius 1 is 1.19 bits per heavy atom. The van der Waals surface area contributed by atoms with Gasteiger partial charge in [0, 0.05) is 11.6 Å². The summed E-state index contributed by atoms with van der Waals surface area (Å²) >= 11 is 6.05. The van der Waals surface area contributed by atoms with Gasteiger partial charge in [0.2, 0.25) is 10.0 Å². The van der Waals surface area contributed by atoms with Crippen LogP contribution in [0.4, 0.5) is 0 Å². The highest BCUT2D eigenvalue weighted by atomic mass is 35.5. The highest BCUT2D eigenvalue weighted by molar-refractivity contribution is 7.89. The van der Waals surface area contributed by atoms with E-state index in [2.05, 4.69) is 0 Å². The van der Waals surface area contributed by atoms with Gasteiger partial charge in [0.15, 0.2) is 0 Å². The van der Waals surface area contributed by atoms with Crippen LogP contribution in [0.1, 0.15) is 25.5 Å². The fourth-order valence-corrected chi connectivity index (χ4v) is 5.28. The lowest BCUT2D eigenvalue weighted by molar-refractivity contribution is -0.0655. The molecule has 1 heterocycles. The molecule has 7 heteroatoms. The molecule has 0 aromatic heterocycles. The summed E-state index contributed by atoms with van der Waals surface area (Å²) in [4.78, 5) is 0.0642. The molecule has 5 nitrogen and oxygen atoms in total. The Morgan fingerprint density at radius 3 is 2.54 bits per heavy atom. The largest absolute Gasteiger partial charge is 0.495 e. The van der Waals surface area contributed by atoms with Gasteiger partial charge in [-0.3, -0.25) is 0 Å². The van der Waals surface area contributed by atoms with Gasteiger partial charge in [-0.1, -0.05) is 41.9 Å². The lowest BCUT2D eigenvalue weighted by atomic mass is 10.0. The molecule has 140 valence electrons. The predicted octanol–water partition coefficient (Wildman–Crippen LogP) is 3.89. The number of rotatable bonds is 4. The topological polar surface area (TPSA) is 55.8 Å². The van der Waals surface area contributed by atoms with Gasteiger partial charge < -0.3 is 9.47 Å². The molecule has 3 rings (SSSR count). The van der Waals surface area contributed by atoms with Crippen LogP contribution < -0.4 is 4.74 Å². The second kappa shape index (κ2) is 7.19. The molecule has 1 saturated heterocycles. The van der Waals surface area contributed by atoms with Crippen LogP contribution in [-0.4, -0.2) is 38.5 Å². The first kappa shape index (κ1) is 19.2. The maximum Gasteiger partial charge on any atom is 0.247 e. The van der Waals surface area contributed by atoms with Crippen molar-refractivity contribution in [3.8, 4) is 5.75 Å². The highest BCUT2D eigenvalue weighted by Crippen LogP contribution is 2.37. The van der Waals surface area contributed by atoms with E-state index in [0.29, 0.717) is 5.02 Å². The van der Waals surface area contributed by atoms with Gasteiger partial charge in [-0.15, -0.1) is 0 Å². The third-order valence-electron chi connectivity index (χ3n) is 4.51. The van der Waals surface area contributed by atoms with Crippen molar-refractivity contribution in [1.29, 1.82) is 0 Å². The number of sulfonamides is 1. The first-order valence-electron chi connectivity index (χ1n) is 8.28. The van der Waals surface area contributed by atoms with Crippen molar-refractivity contribution >= 4 is 21.6 Å². The Hall–Kier alpha value is -1.60. The number of ether oxygens (including phenoxy) is 2. The van der Waals surface area contributed by atoms with Crippen molar-refractivity contribution in [2.45, 2.75) is 30.4 Å².